The third-order valence-electron chi connectivity index (χ3n) is 6.77. The van der Waals surface area contributed by atoms with Gasteiger partial charge in [-0.15, -0.1) is 0 Å². The number of pyridine rings is 2. The van der Waals surface area contributed by atoms with Gasteiger partial charge in [0.1, 0.15) is 22.8 Å². The molecule has 2 aliphatic rings. The number of aromatic nitrogens is 4. The largest absolute Gasteiger partial charge is 0.471 e. The summed E-state index contributed by atoms with van der Waals surface area (Å²) in [4.78, 5) is 15.7. The third-order valence-corrected chi connectivity index (χ3v) is 6.77. The Balaban J connectivity index is 1.33. The van der Waals surface area contributed by atoms with Crippen LogP contribution < -0.4 is 15.4 Å². The number of hydrogen-bond acceptors (Lipinski definition) is 7. The number of hydrogen-bond donors (Lipinski definition) is 1. The molecule has 9 heteroatoms. The number of nitrogens with zero attached hydrogens (tertiary/aromatic N) is 5. The van der Waals surface area contributed by atoms with Crippen LogP contribution in [0.1, 0.15) is 38.2 Å². The maximum absolute atomic E-state index is 14.1. The second-order valence-corrected chi connectivity index (χ2v) is 9.18. The maximum Gasteiger partial charge on any atom is 0.219 e. The fourth-order valence-electron chi connectivity index (χ4n) is 4.59. The van der Waals surface area contributed by atoms with Crippen LogP contribution >= 0.6 is 0 Å². The molecule has 0 atom stereocenters. The van der Waals surface area contributed by atoms with E-state index < -0.39 is 17.0 Å². The highest BCUT2D eigenvalue weighted by Crippen LogP contribution is 2.38. The number of piperidine rings is 1. The van der Waals surface area contributed by atoms with E-state index in [-0.39, 0.29) is 0 Å². The van der Waals surface area contributed by atoms with Crippen LogP contribution in [0.15, 0.2) is 30.7 Å². The Labute approximate surface area is 186 Å². The molecule has 0 saturated carbocycles. The van der Waals surface area contributed by atoms with Crippen LogP contribution in [0.5, 0.6) is 5.88 Å². The quantitative estimate of drug-likeness (QED) is 0.667. The average Bonchev–Trinajstić information content (AvgIpc) is 3.16. The van der Waals surface area contributed by atoms with Crippen molar-refractivity contribution >= 4 is 17.0 Å². The van der Waals surface area contributed by atoms with Crippen molar-refractivity contribution in [2.24, 2.45) is 12.8 Å². The van der Waals surface area contributed by atoms with Crippen molar-refractivity contribution in [3.05, 3.63) is 42.1 Å². The molecule has 0 aliphatic carbocycles. The van der Waals surface area contributed by atoms with E-state index in [2.05, 4.69) is 21.8 Å². The molecule has 0 bridgehead atoms. The first-order chi connectivity index (χ1) is 15.4. The zero-order valence-corrected chi connectivity index (χ0v) is 18.6. The maximum atomic E-state index is 14.1. The van der Waals surface area contributed by atoms with Crippen molar-refractivity contribution in [1.82, 2.24) is 19.5 Å². The van der Waals surface area contributed by atoms with Gasteiger partial charge < -0.3 is 24.7 Å². The molecular formula is C23H29FN6O2. The van der Waals surface area contributed by atoms with E-state index in [4.69, 9.17) is 20.2 Å². The SMILES string of the molecule is Cn1cnc2ccc(N3CCC(C)(Oc4ncc(F)cc4C4(N)CCOCC4)CC3)nc21. The highest BCUT2D eigenvalue weighted by Gasteiger charge is 2.38. The summed E-state index contributed by atoms with van der Waals surface area (Å²) in [6, 6.07) is 5.49. The van der Waals surface area contributed by atoms with Crippen LogP contribution in [0.2, 0.25) is 0 Å². The number of ether oxygens (including phenoxy) is 2. The first-order valence-electron chi connectivity index (χ1n) is 11.1. The molecule has 0 radical (unpaired) electrons. The number of fused-ring (bicyclic) bond motifs is 1. The van der Waals surface area contributed by atoms with E-state index in [9.17, 15) is 4.39 Å². The van der Waals surface area contributed by atoms with E-state index in [1.165, 1.54) is 12.3 Å². The smallest absolute Gasteiger partial charge is 0.219 e. The standard InChI is InChI=1S/C23H29FN6O2/c1-22(32-21-17(13-16(24)14-26-21)23(25)7-11-31-12-8-23)5-9-30(10-6-22)19-4-3-18-20(28-19)29(2)15-27-18/h3-4,13-15H,5-12,25H2,1-2H3. The summed E-state index contributed by atoms with van der Waals surface area (Å²) in [5.41, 5.74) is 7.93. The van der Waals surface area contributed by atoms with Crippen LogP contribution in [-0.4, -0.2) is 51.4 Å². The molecule has 5 rings (SSSR count). The van der Waals surface area contributed by atoms with Crippen molar-refractivity contribution in [3.8, 4) is 5.88 Å². The zero-order chi connectivity index (χ0) is 22.3. The molecule has 3 aromatic rings. The summed E-state index contributed by atoms with van der Waals surface area (Å²) in [7, 11) is 1.95. The Morgan fingerprint density at radius 3 is 2.62 bits per heavy atom. The Morgan fingerprint density at radius 2 is 1.88 bits per heavy atom. The summed E-state index contributed by atoms with van der Waals surface area (Å²) < 4.78 is 27.9. The Hall–Kier alpha value is -2.78. The lowest BCUT2D eigenvalue weighted by atomic mass is 9.84. The number of aryl methyl sites for hydroxylation is 1. The zero-order valence-electron chi connectivity index (χ0n) is 18.6. The van der Waals surface area contributed by atoms with E-state index >= 15 is 0 Å². The van der Waals surface area contributed by atoms with Gasteiger partial charge in [0.05, 0.1) is 18.1 Å². The fraction of sp³-hybridized carbons (Fsp3) is 0.522. The van der Waals surface area contributed by atoms with Gasteiger partial charge in [-0.2, -0.15) is 0 Å². The molecule has 170 valence electrons. The summed E-state index contributed by atoms with van der Waals surface area (Å²) in [5.74, 6) is 0.966. The van der Waals surface area contributed by atoms with Gasteiger partial charge in [0, 0.05) is 51.8 Å². The molecule has 8 nitrogen and oxygen atoms in total. The minimum Gasteiger partial charge on any atom is -0.471 e. The second kappa shape index (κ2) is 7.97. The van der Waals surface area contributed by atoms with Crippen LogP contribution in [0, 0.1) is 5.82 Å². The van der Waals surface area contributed by atoms with Gasteiger partial charge in [-0.25, -0.2) is 19.3 Å². The monoisotopic (exact) mass is 440 g/mol. The molecule has 0 spiro atoms. The first kappa shape index (κ1) is 21.1. The van der Waals surface area contributed by atoms with Crippen molar-refractivity contribution < 1.29 is 13.9 Å². The molecular weight excluding hydrogens is 411 g/mol. The van der Waals surface area contributed by atoms with Gasteiger partial charge in [0.2, 0.25) is 5.88 Å². The molecule has 3 aromatic heterocycles. The predicted octanol–water partition coefficient (Wildman–Crippen LogP) is 2.90. The first-order valence-corrected chi connectivity index (χ1v) is 11.1. The summed E-state index contributed by atoms with van der Waals surface area (Å²) in [5, 5.41) is 0. The number of rotatable bonds is 4. The highest BCUT2D eigenvalue weighted by molar-refractivity contribution is 5.73. The molecule has 0 unspecified atom stereocenters. The summed E-state index contributed by atoms with van der Waals surface area (Å²) in [6.45, 7) is 4.78. The van der Waals surface area contributed by atoms with Crippen LogP contribution in [0.25, 0.3) is 11.2 Å². The van der Waals surface area contributed by atoms with Gasteiger partial charge in [-0.3, -0.25) is 0 Å². The van der Waals surface area contributed by atoms with E-state index in [0.717, 1.165) is 42.9 Å². The van der Waals surface area contributed by atoms with E-state index in [0.29, 0.717) is 37.5 Å². The molecule has 2 saturated heterocycles. The van der Waals surface area contributed by atoms with Gasteiger partial charge in [-0.05, 0) is 38.0 Å². The molecule has 2 N–H and O–H groups in total. The average molecular weight is 441 g/mol. The number of nitrogens with two attached hydrogens (primary N) is 1. The summed E-state index contributed by atoms with van der Waals surface area (Å²) >= 11 is 0. The Morgan fingerprint density at radius 1 is 1.12 bits per heavy atom. The lowest BCUT2D eigenvalue weighted by molar-refractivity contribution is 0.0383. The lowest BCUT2D eigenvalue weighted by Gasteiger charge is -2.41. The van der Waals surface area contributed by atoms with Crippen molar-refractivity contribution in [2.75, 3.05) is 31.2 Å². The van der Waals surface area contributed by atoms with Crippen LogP contribution in [0.3, 0.4) is 0 Å². The summed E-state index contributed by atoms with van der Waals surface area (Å²) in [6.07, 6.45) is 5.78. The fourth-order valence-corrected chi connectivity index (χ4v) is 4.59. The molecule has 32 heavy (non-hydrogen) atoms. The molecule has 2 fully saturated rings. The number of imidazole rings is 1. The Bertz CT molecular complexity index is 1120. The predicted molar refractivity (Wildman–Crippen MR) is 119 cm³/mol. The Kier molecular flexibility index (Phi) is 5.25. The van der Waals surface area contributed by atoms with Crippen molar-refractivity contribution in [1.29, 1.82) is 0 Å². The van der Waals surface area contributed by atoms with Gasteiger partial charge in [0.15, 0.2) is 5.65 Å². The molecule has 5 heterocycles. The second-order valence-electron chi connectivity index (χ2n) is 9.18. The number of halogens is 1. The van der Waals surface area contributed by atoms with Crippen molar-refractivity contribution in [3.63, 3.8) is 0 Å². The van der Waals surface area contributed by atoms with Crippen LogP contribution in [-0.2, 0) is 17.3 Å². The molecule has 0 aromatic carbocycles. The minimum absolute atomic E-state index is 0.403. The van der Waals surface area contributed by atoms with Gasteiger partial charge in [0.25, 0.3) is 0 Å². The third kappa shape index (κ3) is 3.91. The van der Waals surface area contributed by atoms with E-state index in [1.54, 1.807) is 6.33 Å². The highest BCUT2D eigenvalue weighted by atomic mass is 19.1. The molecule has 2 aliphatic heterocycles. The number of anilines is 1. The lowest BCUT2D eigenvalue weighted by Crippen LogP contribution is -2.47. The minimum atomic E-state index is -0.692. The van der Waals surface area contributed by atoms with Crippen molar-refractivity contribution in [2.45, 2.75) is 43.7 Å². The topological polar surface area (TPSA) is 91.3 Å². The van der Waals surface area contributed by atoms with Gasteiger partial charge in [-0.1, -0.05) is 0 Å². The van der Waals surface area contributed by atoms with E-state index in [1.807, 2.05) is 23.7 Å². The normalized spacial score (nSPS) is 20.4. The molecule has 0 amide bonds. The van der Waals surface area contributed by atoms with Gasteiger partial charge >= 0.3 is 0 Å². The van der Waals surface area contributed by atoms with Crippen LogP contribution in [0.4, 0.5) is 10.2 Å².